The third-order valence-electron chi connectivity index (χ3n) is 5.87. The first-order valence-corrected chi connectivity index (χ1v) is 11.7. The average molecular weight is 468 g/mol. The maximum atomic E-state index is 13.4. The number of para-hydroxylation sites is 1. The van der Waals surface area contributed by atoms with Gasteiger partial charge in [0.1, 0.15) is 5.82 Å². The molecule has 1 aromatic heterocycles. The van der Waals surface area contributed by atoms with Gasteiger partial charge in [-0.15, -0.1) is 0 Å². The van der Waals surface area contributed by atoms with Gasteiger partial charge < -0.3 is 19.5 Å². The van der Waals surface area contributed by atoms with E-state index in [1.54, 1.807) is 29.0 Å². The summed E-state index contributed by atoms with van der Waals surface area (Å²) in [5.74, 6) is -0.697. The topological polar surface area (TPSA) is 65.6 Å². The molecule has 3 aromatic rings. The molecule has 6 nitrogen and oxygen atoms in total. The summed E-state index contributed by atoms with van der Waals surface area (Å²) >= 11 is 0. The van der Waals surface area contributed by atoms with E-state index in [0.29, 0.717) is 39.1 Å². The minimum Gasteiger partial charge on any atom is -0.385 e. The molecule has 0 bridgehead atoms. The number of nitrogens with one attached hydrogen (secondary N) is 1. The van der Waals surface area contributed by atoms with Gasteiger partial charge in [-0.25, -0.2) is 4.39 Å². The fraction of sp³-hybridized carbons (Fsp3) is 0.407. The van der Waals surface area contributed by atoms with Crippen molar-refractivity contribution in [2.45, 2.75) is 33.2 Å². The molecule has 0 fully saturated rings. The van der Waals surface area contributed by atoms with E-state index < -0.39 is 0 Å². The molecule has 0 aliphatic carbocycles. The molecule has 0 radical (unpaired) electrons. The van der Waals surface area contributed by atoms with Gasteiger partial charge >= 0.3 is 0 Å². The maximum Gasteiger partial charge on any atom is 0.242 e. The lowest BCUT2D eigenvalue weighted by atomic mass is 10.1. The number of H-pyrrole nitrogens is 1. The van der Waals surface area contributed by atoms with Gasteiger partial charge in [-0.1, -0.05) is 44.2 Å². The quantitative estimate of drug-likeness (QED) is 0.402. The molecule has 0 saturated carbocycles. The highest BCUT2D eigenvalue weighted by atomic mass is 19.1. The normalized spacial score (nSPS) is 11.2. The lowest BCUT2D eigenvalue weighted by molar-refractivity contribution is -0.142. The number of aromatic nitrogens is 1. The molecule has 7 heteroatoms. The molecule has 0 aliphatic heterocycles. The van der Waals surface area contributed by atoms with Crippen molar-refractivity contribution in [1.82, 2.24) is 14.8 Å². The van der Waals surface area contributed by atoms with E-state index in [1.807, 2.05) is 38.2 Å². The predicted octanol–water partition coefficient (Wildman–Crippen LogP) is 4.40. The molecule has 3 rings (SSSR count). The molecule has 0 spiro atoms. The van der Waals surface area contributed by atoms with Crippen LogP contribution in [0.15, 0.2) is 54.7 Å². The predicted molar refractivity (Wildman–Crippen MR) is 132 cm³/mol. The molecule has 1 heterocycles. The number of carbonyl (C=O) groups excluding carboxylic acids is 2. The Labute approximate surface area is 200 Å². The second-order valence-electron chi connectivity index (χ2n) is 8.81. The van der Waals surface area contributed by atoms with Crippen LogP contribution in [0, 0.1) is 11.7 Å². The molecule has 0 atom stereocenters. The van der Waals surface area contributed by atoms with Crippen LogP contribution in [0.5, 0.6) is 0 Å². The zero-order chi connectivity index (χ0) is 24.5. The summed E-state index contributed by atoms with van der Waals surface area (Å²) in [6, 6.07) is 14.2. The number of benzene rings is 2. The molecule has 0 unspecified atom stereocenters. The molecular formula is C27H34FN3O3. The molecule has 1 N–H and O–H groups in total. The van der Waals surface area contributed by atoms with Crippen LogP contribution in [0.1, 0.15) is 31.4 Å². The highest BCUT2D eigenvalue weighted by molar-refractivity contribution is 5.86. The number of halogens is 1. The van der Waals surface area contributed by atoms with Crippen molar-refractivity contribution in [3.63, 3.8) is 0 Å². The van der Waals surface area contributed by atoms with E-state index in [0.717, 1.165) is 22.0 Å². The summed E-state index contributed by atoms with van der Waals surface area (Å²) in [4.78, 5) is 32.8. The van der Waals surface area contributed by atoms with E-state index >= 15 is 0 Å². The summed E-state index contributed by atoms with van der Waals surface area (Å²) in [7, 11) is 1.62. The SMILES string of the molecule is COCCCN(CC(=O)N(CCc1c[nH]c2ccccc12)Cc1ccc(F)cc1)C(=O)C(C)C. The fourth-order valence-corrected chi connectivity index (χ4v) is 3.99. The Morgan fingerprint density at radius 2 is 1.76 bits per heavy atom. The molecular weight excluding hydrogens is 433 g/mol. The highest BCUT2D eigenvalue weighted by Gasteiger charge is 2.23. The van der Waals surface area contributed by atoms with Gasteiger partial charge in [0, 0.05) is 56.4 Å². The Morgan fingerprint density at radius 1 is 1.03 bits per heavy atom. The number of methoxy groups -OCH3 is 1. The Bertz CT molecular complexity index is 1080. The van der Waals surface area contributed by atoms with Crippen molar-refractivity contribution < 1.29 is 18.7 Å². The number of carbonyl (C=O) groups is 2. The number of hydrogen-bond acceptors (Lipinski definition) is 3. The maximum absolute atomic E-state index is 13.4. The molecule has 2 amide bonds. The zero-order valence-corrected chi connectivity index (χ0v) is 20.2. The van der Waals surface area contributed by atoms with Crippen LogP contribution in [0.4, 0.5) is 4.39 Å². The lowest BCUT2D eigenvalue weighted by Gasteiger charge is -2.29. The van der Waals surface area contributed by atoms with E-state index in [2.05, 4.69) is 11.1 Å². The van der Waals surface area contributed by atoms with Gasteiger partial charge in [0.15, 0.2) is 0 Å². The number of hydrogen-bond donors (Lipinski definition) is 1. The second-order valence-corrected chi connectivity index (χ2v) is 8.81. The molecule has 182 valence electrons. The fourth-order valence-electron chi connectivity index (χ4n) is 3.99. The van der Waals surface area contributed by atoms with Crippen LogP contribution in [0.25, 0.3) is 10.9 Å². The summed E-state index contributed by atoms with van der Waals surface area (Å²) in [5.41, 5.74) is 3.03. The van der Waals surface area contributed by atoms with Gasteiger partial charge in [-0.2, -0.15) is 0 Å². The van der Waals surface area contributed by atoms with Crippen molar-refractivity contribution in [1.29, 1.82) is 0 Å². The average Bonchev–Trinajstić information content (AvgIpc) is 3.25. The number of nitrogens with zero attached hydrogens (tertiary/aromatic N) is 2. The van der Waals surface area contributed by atoms with Crippen molar-refractivity contribution >= 4 is 22.7 Å². The van der Waals surface area contributed by atoms with Gasteiger partial charge in [-0.05, 0) is 42.2 Å². The van der Waals surface area contributed by atoms with E-state index in [9.17, 15) is 14.0 Å². The molecule has 2 aromatic carbocycles. The lowest BCUT2D eigenvalue weighted by Crippen LogP contribution is -2.45. The first-order valence-electron chi connectivity index (χ1n) is 11.7. The number of fused-ring (bicyclic) bond motifs is 1. The van der Waals surface area contributed by atoms with E-state index in [-0.39, 0.29) is 30.1 Å². The molecule has 34 heavy (non-hydrogen) atoms. The number of rotatable bonds is 12. The van der Waals surface area contributed by atoms with Crippen LogP contribution in [0.3, 0.4) is 0 Å². The summed E-state index contributed by atoms with van der Waals surface area (Å²) in [6.07, 6.45) is 3.30. The summed E-state index contributed by atoms with van der Waals surface area (Å²) in [6.45, 7) is 5.51. The van der Waals surface area contributed by atoms with Gasteiger partial charge in [-0.3, -0.25) is 9.59 Å². The Morgan fingerprint density at radius 3 is 2.47 bits per heavy atom. The number of ether oxygens (including phenoxy) is 1. The Kier molecular flexibility index (Phi) is 9.22. The number of amides is 2. The van der Waals surface area contributed by atoms with Crippen molar-refractivity contribution in [3.05, 3.63) is 71.7 Å². The van der Waals surface area contributed by atoms with Crippen LogP contribution < -0.4 is 0 Å². The third kappa shape index (κ3) is 6.90. The summed E-state index contributed by atoms with van der Waals surface area (Å²) < 4.78 is 18.5. The zero-order valence-electron chi connectivity index (χ0n) is 20.2. The largest absolute Gasteiger partial charge is 0.385 e. The first-order chi connectivity index (χ1) is 16.4. The van der Waals surface area contributed by atoms with Gasteiger partial charge in [0.05, 0.1) is 6.54 Å². The Balaban J connectivity index is 1.76. The van der Waals surface area contributed by atoms with Crippen LogP contribution in [-0.4, -0.2) is 59.9 Å². The molecule has 0 saturated heterocycles. The minimum absolute atomic E-state index is 0.00973. The van der Waals surface area contributed by atoms with Crippen molar-refractivity contribution in [3.8, 4) is 0 Å². The van der Waals surface area contributed by atoms with Crippen molar-refractivity contribution in [2.24, 2.45) is 5.92 Å². The monoisotopic (exact) mass is 467 g/mol. The van der Waals surface area contributed by atoms with Gasteiger partial charge in [0.2, 0.25) is 11.8 Å². The highest BCUT2D eigenvalue weighted by Crippen LogP contribution is 2.19. The standard InChI is InChI=1S/C27H34FN3O3/c1-20(2)27(33)31(14-6-16-34-3)19-26(32)30(18-21-9-11-23(28)12-10-21)15-13-22-17-29-25-8-5-4-7-24(22)25/h4-5,7-12,17,20,29H,6,13-16,18-19H2,1-3H3. The summed E-state index contributed by atoms with van der Waals surface area (Å²) in [5, 5.41) is 1.13. The van der Waals surface area contributed by atoms with Crippen LogP contribution >= 0.6 is 0 Å². The third-order valence-corrected chi connectivity index (χ3v) is 5.87. The van der Waals surface area contributed by atoms with Crippen LogP contribution in [-0.2, 0) is 27.3 Å². The van der Waals surface area contributed by atoms with Gasteiger partial charge in [0.25, 0.3) is 0 Å². The number of aromatic amines is 1. The van der Waals surface area contributed by atoms with E-state index in [4.69, 9.17) is 4.74 Å². The van der Waals surface area contributed by atoms with E-state index in [1.165, 1.54) is 12.1 Å². The molecule has 0 aliphatic rings. The first kappa shape index (κ1) is 25.4. The van der Waals surface area contributed by atoms with Crippen LogP contribution in [0.2, 0.25) is 0 Å². The smallest absolute Gasteiger partial charge is 0.242 e. The Hall–Kier alpha value is -3.19. The van der Waals surface area contributed by atoms with Crippen molar-refractivity contribution in [2.75, 3.05) is 33.4 Å². The minimum atomic E-state index is -0.313. The second kappa shape index (κ2) is 12.3.